The number of nitrogens with one attached hydrogen (secondary N) is 1. The van der Waals surface area contributed by atoms with E-state index in [-0.39, 0.29) is 0 Å². The molecule has 0 bridgehead atoms. The Balaban J connectivity index is 2.29. The summed E-state index contributed by atoms with van der Waals surface area (Å²) in [5.41, 5.74) is 0.515. The van der Waals surface area contributed by atoms with Gasteiger partial charge in [-0.25, -0.2) is 0 Å². The van der Waals surface area contributed by atoms with Crippen molar-refractivity contribution in [2.45, 2.75) is 40.0 Å². The van der Waals surface area contributed by atoms with Gasteiger partial charge in [-0.2, -0.15) is 0 Å². The third-order valence-corrected chi connectivity index (χ3v) is 3.59. The van der Waals surface area contributed by atoms with Gasteiger partial charge in [-0.3, -0.25) is 0 Å². The second-order valence-corrected chi connectivity index (χ2v) is 5.72. The zero-order chi connectivity index (χ0) is 11.3. The molecule has 15 heavy (non-hydrogen) atoms. The van der Waals surface area contributed by atoms with Gasteiger partial charge < -0.3 is 10.2 Å². The fourth-order valence-corrected chi connectivity index (χ4v) is 2.88. The molecule has 0 aromatic rings. The lowest BCUT2D eigenvalue weighted by molar-refractivity contribution is 0.239. The molecule has 1 saturated heterocycles. The van der Waals surface area contributed by atoms with Gasteiger partial charge in [0.1, 0.15) is 0 Å². The summed E-state index contributed by atoms with van der Waals surface area (Å²) >= 11 is 0. The first-order valence-corrected chi connectivity index (χ1v) is 6.46. The van der Waals surface area contributed by atoms with E-state index in [9.17, 15) is 0 Å². The van der Waals surface area contributed by atoms with Gasteiger partial charge in [-0.05, 0) is 37.8 Å². The van der Waals surface area contributed by atoms with E-state index < -0.39 is 0 Å². The summed E-state index contributed by atoms with van der Waals surface area (Å²) in [5.74, 6) is 0.868. The first kappa shape index (κ1) is 13.0. The average Bonchev–Trinajstić information content (AvgIpc) is 2.48. The van der Waals surface area contributed by atoms with Crippen LogP contribution in [0, 0.1) is 11.3 Å². The zero-order valence-electron chi connectivity index (χ0n) is 11.0. The predicted molar refractivity (Wildman–Crippen MR) is 67.2 cm³/mol. The average molecular weight is 212 g/mol. The molecule has 0 radical (unpaired) electrons. The van der Waals surface area contributed by atoms with Gasteiger partial charge in [0, 0.05) is 19.6 Å². The van der Waals surface area contributed by atoms with Crippen LogP contribution in [0.15, 0.2) is 0 Å². The lowest BCUT2D eigenvalue weighted by Crippen LogP contribution is -2.34. The van der Waals surface area contributed by atoms with Crippen molar-refractivity contribution in [3.63, 3.8) is 0 Å². The number of rotatable bonds is 6. The molecular weight excluding hydrogens is 184 g/mol. The number of likely N-dealkylation sites (tertiary alicyclic amines) is 1. The Morgan fingerprint density at radius 3 is 2.80 bits per heavy atom. The molecule has 1 rings (SSSR count). The van der Waals surface area contributed by atoms with Gasteiger partial charge in [0.05, 0.1) is 0 Å². The molecule has 0 aromatic heterocycles. The van der Waals surface area contributed by atoms with Gasteiger partial charge in [-0.1, -0.05) is 27.2 Å². The zero-order valence-corrected chi connectivity index (χ0v) is 11.0. The minimum absolute atomic E-state index is 0.515. The van der Waals surface area contributed by atoms with Crippen molar-refractivity contribution in [3.8, 4) is 0 Å². The highest BCUT2D eigenvalue weighted by Crippen LogP contribution is 2.29. The molecule has 90 valence electrons. The summed E-state index contributed by atoms with van der Waals surface area (Å²) < 4.78 is 0. The molecule has 0 saturated carbocycles. The molecule has 2 unspecified atom stereocenters. The Labute approximate surface area is 95.4 Å². The molecule has 2 heteroatoms. The minimum Gasteiger partial charge on any atom is -0.319 e. The highest BCUT2D eigenvalue weighted by Gasteiger charge is 2.33. The molecule has 1 aliphatic rings. The highest BCUT2D eigenvalue weighted by atomic mass is 15.2. The van der Waals surface area contributed by atoms with Crippen LogP contribution in [0.1, 0.15) is 40.0 Å². The molecule has 2 atom stereocenters. The fraction of sp³-hybridized carbons (Fsp3) is 1.00. The highest BCUT2D eigenvalue weighted by molar-refractivity contribution is 4.88. The van der Waals surface area contributed by atoms with E-state index in [0.29, 0.717) is 5.41 Å². The summed E-state index contributed by atoms with van der Waals surface area (Å²) in [5, 5.41) is 3.32. The van der Waals surface area contributed by atoms with Crippen molar-refractivity contribution >= 4 is 0 Å². The second kappa shape index (κ2) is 5.86. The lowest BCUT2D eigenvalue weighted by atomic mass is 9.90. The van der Waals surface area contributed by atoms with Crippen molar-refractivity contribution in [1.82, 2.24) is 10.2 Å². The van der Waals surface area contributed by atoms with Gasteiger partial charge in [0.15, 0.2) is 0 Å². The summed E-state index contributed by atoms with van der Waals surface area (Å²) in [7, 11) is 2.06. The van der Waals surface area contributed by atoms with Crippen LogP contribution in [0.5, 0.6) is 0 Å². The molecule has 1 N–H and O–H groups in total. The van der Waals surface area contributed by atoms with Crippen LogP contribution in [-0.2, 0) is 0 Å². The Hall–Kier alpha value is -0.0800. The summed E-state index contributed by atoms with van der Waals surface area (Å²) in [6.45, 7) is 12.1. The first-order chi connectivity index (χ1) is 7.09. The van der Waals surface area contributed by atoms with Crippen LogP contribution >= 0.6 is 0 Å². The minimum atomic E-state index is 0.515. The van der Waals surface area contributed by atoms with E-state index in [1.165, 1.54) is 38.9 Å². The van der Waals surface area contributed by atoms with Crippen LogP contribution in [0.2, 0.25) is 0 Å². The predicted octanol–water partition coefficient (Wildman–Crippen LogP) is 2.35. The molecule has 0 aromatic carbocycles. The summed E-state index contributed by atoms with van der Waals surface area (Å²) in [4.78, 5) is 2.65. The van der Waals surface area contributed by atoms with Crippen molar-refractivity contribution in [3.05, 3.63) is 0 Å². The standard InChI is InChI=1S/C13H28N2/c1-5-6-12(2)9-15-8-7-13(3,11-15)10-14-4/h12,14H,5-11H2,1-4H3. The quantitative estimate of drug-likeness (QED) is 0.727. The third kappa shape index (κ3) is 4.12. The maximum Gasteiger partial charge on any atom is 0.00481 e. The van der Waals surface area contributed by atoms with E-state index in [4.69, 9.17) is 0 Å². The normalized spacial score (nSPS) is 29.6. The first-order valence-electron chi connectivity index (χ1n) is 6.46. The van der Waals surface area contributed by atoms with E-state index in [1.54, 1.807) is 0 Å². The van der Waals surface area contributed by atoms with Crippen molar-refractivity contribution in [2.24, 2.45) is 11.3 Å². The molecule has 1 aliphatic heterocycles. The Bertz CT molecular complexity index is 181. The molecule has 1 fully saturated rings. The second-order valence-electron chi connectivity index (χ2n) is 5.72. The Morgan fingerprint density at radius 1 is 1.47 bits per heavy atom. The maximum absolute atomic E-state index is 3.32. The van der Waals surface area contributed by atoms with Gasteiger partial charge in [0.2, 0.25) is 0 Å². The smallest absolute Gasteiger partial charge is 0.00481 e. The Kier molecular flexibility index (Phi) is 5.07. The van der Waals surface area contributed by atoms with E-state index in [2.05, 4.69) is 38.0 Å². The van der Waals surface area contributed by atoms with Crippen LogP contribution in [-0.4, -0.2) is 38.1 Å². The van der Waals surface area contributed by atoms with Crippen LogP contribution in [0.4, 0.5) is 0 Å². The largest absolute Gasteiger partial charge is 0.319 e. The molecule has 0 amide bonds. The monoisotopic (exact) mass is 212 g/mol. The summed E-state index contributed by atoms with van der Waals surface area (Å²) in [6.07, 6.45) is 4.05. The summed E-state index contributed by atoms with van der Waals surface area (Å²) in [6, 6.07) is 0. The number of hydrogen-bond donors (Lipinski definition) is 1. The van der Waals surface area contributed by atoms with Crippen LogP contribution in [0.25, 0.3) is 0 Å². The van der Waals surface area contributed by atoms with Crippen LogP contribution < -0.4 is 5.32 Å². The number of hydrogen-bond acceptors (Lipinski definition) is 2. The van der Waals surface area contributed by atoms with Gasteiger partial charge in [0.25, 0.3) is 0 Å². The topological polar surface area (TPSA) is 15.3 Å². The third-order valence-electron chi connectivity index (χ3n) is 3.59. The van der Waals surface area contributed by atoms with Crippen LogP contribution in [0.3, 0.4) is 0 Å². The maximum atomic E-state index is 3.32. The molecule has 2 nitrogen and oxygen atoms in total. The van der Waals surface area contributed by atoms with Crippen molar-refractivity contribution in [2.75, 3.05) is 33.2 Å². The van der Waals surface area contributed by atoms with Gasteiger partial charge in [-0.15, -0.1) is 0 Å². The molecule has 0 aliphatic carbocycles. The lowest BCUT2D eigenvalue weighted by Gasteiger charge is -2.25. The van der Waals surface area contributed by atoms with E-state index in [0.717, 1.165) is 12.5 Å². The van der Waals surface area contributed by atoms with Crippen molar-refractivity contribution in [1.29, 1.82) is 0 Å². The molecule has 1 heterocycles. The van der Waals surface area contributed by atoms with Gasteiger partial charge >= 0.3 is 0 Å². The SMILES string of the molecule is CCCC(C)CN1CCC(C)(CNC)C1. The molecule has 0 spiro atoms. The molecular formula is C13H28N2. The van der Waals surface area contributed by atoms with E-state index >= 15 is 0 Å². The van der Waals surface area contributed by atoms with E-state index in [1.807, 2.05) is 0 Å². The van der Waals surface area contributed by atoms with Crippen molar-refractivity contribution < 1.29 is 0 Å². The fourth-order valence-electron chi connectivity index (χ4n) is 2.88. The Morgan fingerprint density at radius 2 is 2.20 bits per heavy atom. The number of nitrogens with zero attached hydrogens (tertiary/aromatic N) is 1.